The van der Waals surface area contributed by atoms with Gasteiger partial charge in [0.25, 0.3) is 0 Å². The second-order valence-corrected chi connectivity index (χ2v) is 6.17. The van der Waals surface area contributed by atoms with Gasteiger partial charge >= 0.3 is 0 Å². The average molecular weight is 341 g/mol. The molecule has 23 heavy (non-hydrogen) atoms. The van der Waals surface area contributed by atoms with Crippen molar-refractivity contribution >= 4 is 18.3 Å². The summed E-state index contributed by atoms with van der Waals surface area (Å²) >= 11 is 0. The number of fused-ring (bicyclic) bond motifs is 1. The molecule has 1 amide bonds. The smallest absolute Gasteiger partial charge is 0.227 e. The number of carbonyl (C=O) groups excluding carboxylic acids is 1. The highest BCUT2D eigenvalue weighted by atomic mass is 35.5. The van der Waals surface area contributed by atoms with Crippen LogP contribution in [0.25, 0.3) is 0 Å². The van der Waals surface area contributed by atoms with E-state index >= 15 is 0 Å². The Bertz CT molecular complexity index is 521. The molecule has 2 rings (SSSR count). The maximum absolute atomic E-state index is 12.7. The number of carbonyl (C=O) groups is 1. The molecular weight excluding hydrogens is 312 g/mol. The van der Waals surface area contributed by atoms with Gasteiger partial charge in [-0.05, 0) is 55.4 Å². The van der Waals surface area contributed by atoms with Crippen LogP contribution in [0.5, 0.6) is 5.75 Å². The summed E-state index contributed by atoms with van der Waals surface area (Å²) in [4.78, 5) is 12.7. The highest BCUT2D eigenvalue weighted by Gasteiger charge is 2.35. The van der Waals surface area contributed by atoms with E-state index in [1.165, 1.54) is 11.1 Å². The summed E-state index contributed by atoms with van der Waals surface area (Å²) in [5.74, 6) is 0.970. The maximum atomic E-state index is 12.7. The van der Waals surface area contributed by atoms with E-state index in [0.717, 1.165) is 37.9 Å². The lowest BCUT2D eigenvalue weighted by atomic mass is 9.80. The van der Waals surface area contributed by atoms with Gasteiger partial charge in [0.05, 0.1) is 18.6 Å². The van der Waals surface area contributed by atoms with Crippen molar-refractivity contribution in [2.75, 3.05) is 13.7 Å². The first-order valence-corrected chi connectivity index (χ1v) is 8.28. The van der Waals surface area contributed by atoms with Gasteiger partial charge in [-0.1, -0.05) is 19.9 Å². The highest BCUT2D eigenvalue weighted by Crippen LogP contribution is 2.34. The summed E-state index contributed by atoms with van der Waals surface area (Å²) in [5, 5.41) is 3.25. The van der Waals surface area contributed by atoms with Gasteiger partial charge in [-0.25, -0.2) is 0 Å². The van der Waals surface area contributed by atoms with E-state index < -0.39 is 5.41 Å². The van der Waals surface area contributed by atoms with E-state index in [-0.39, 0.29) is 24.4 Å². The number of halogens is 1. The van der Waals surface area contributed by atoms with Crippen LogP contribution in [0.2, 0.25) is 0 Å². The summed E-state index contributed by atoms with van der Waals surface area (Å²) in [7, 11) is 1.68. The van der Waals surface area contributed by atoms with E-state index in [4.69, 9.17) is 10.5 Å². The van der Waals surface area contributed by atoms with Crippen molar-refractivity contribution < 1.29 is 9.53 Å². The third kappa shape index (κ3) is 3.99. The number of aryl methyl sites for hydroxylation is 1. The second kappa shape index (κ2) is 8.55. The number of rotatable bonds is 6. The van der Waals surface area contributed by atoms with E-state index in [1.54, 1.807) is 7.11 Å². The molecule has 0 radical (unpaired) electrons. The van der Waals surface area contributed by atoms with Gasteiger partial charge in [-0.15, -0.1) is 12.4 Å². The normalized spacial score (nSPS) is 17.0. The first-order chi connectivity index (χ1) is 10.6. The number of nitrogens with one attached hydrogen (secondary N) is 1. The molecule has 0 spiro atoms. The summed E-state index contributed by atoms with van der Waals surface area (Å²) in [6.07, 6.45) is 4.66. The van der Waals surface area contributed by atoms with Crippen LogP contribution >= 0.6 is 12.4 Å². The van der Waals surface area contributed by atoms with Gasteiger partial charge in [0.15, 0.2) is 0 Å². The number of methoxy groups -OCH3 is 1. The van der Waals surface area contributed by atoms with Crippen LogP contribution in [0.1, 0.15) is 56.7 Å². The van der Waals surface area contributed by atoms with Crippen LogP contribution in [0, 0.1) is 5.41 Å². The molecule has 1 aliphatic carbocycles. The standard InChI is InChI=1S/C18H28N2O2.ClH/c1-4-18(5-2,12-19)17(21)20-16-8-6-7-13-11-14(22-3)9-10-15(13)16;/h9-11,16H,4-8,12,19H2,1-3H3,(H,20,21);1H. The largest absolute Gasteiger partial charge is 0.497 e. The van der Waals surface area contributed by atoms with Crippen LogP contribution in [-0.4, -0.2) is 19.6 Å². The molecule has 1 atom stereocenters. The molecule has 3 N–H and O–H groups in total. The van der Waals surface area contributed by atoms with Crippen molar-refractivity contribution in [3.8, 4) is 5.75 Å². The maximum Gasteiger partial charge on any atom is 0.227 e. The highest BCUT2D eigenvalue weighted by molar-refractivity contribution is 5.85. The number of hydrogen-bond acceptors (Lipinski definition) is 3. The molecule has 1 aromatic rings. The fourth-order valence-electron chi connectivity index (χ4n) is 3.33. The fraction of sp³-hybridized carbons (Fsp3) is 0.611. The van der Waals surface area contributed by atoms with Crippen LogP contribution in [0.4, 0.5) is 0 Å². The topological polar surface area (TPSA) is 64.4 Å². The Kier molecular flexibility index (Phi) is 7.36. The van der Waals surface area contributed by atoms with Crippen molar-refractivity contribution in [1.29, 1.82) is 0 Å². The van der Waals surface area contributed by atoms with E-state index in [0.29, 0.717) is 6.54 Å². The summed E-state index contributed by atoms with van der Waals surface area (Å²) in [6.45, 7) is 4.47. The first-order valence-electron chi connectivity index (χ1n) is 8.28. The molecule has 1 aliphatic rings. The third-order valence-corrected chi connectivity index (χ3v) is 5.20. The Labute approximate surface area is 145 Å². The molecule has 0 saturated heterocycles. The second-order valence-electron chi connectivity index (χ2n) is 6.17. The van der Waals surface area contributed by atoms with E-state index in [2.05, 4.69) is 17.4 Å². The minimum Gasteiger partial charge on any atom is -0.497 e. The molecule has 5 heteroatoms. The van der Waals surface area contributed by atoms with Gasteiger partial charge < -0.3 is 15.8 Å². The van der Waals surface area contributed by atoms with E-state index in [1.807, 2.05) is 19.9 Å². The molecule has 1 aromatic carbocycles. The molecule has 4 nitrogen and oxygen atoms in total. The zero-order chi connectivity index (χ0) is 16.2. The quantitative estimate of drug-likeness (QED) is 0.834. The van der Waals surface area contributed by atoms with Gasteiger partial charge in [0.1, 0.15) is 5.75 Å². The van der Waals surface area contributed by atoms with E-state index in [9.17, 15) is 4.79 Å². The van der Waals surface area contributed by atoms with Crippen LogP contribution in [0.3, 0.4) is 0 Å². The van der Waals surface area contributed by atoms with Crippen molar-refractivity contribution in [3.05, 3.63) is 29.3 Å². The lowest BCUT2D eigenvalue weighted by Crippen LogP contribution is -2.46. The minimum atomic E-state index is -0.440. The Morgan fingerprint density at radius 1 is 1.39 bits per heavy atom. The Morgan fingerprint density at radius 2 is 2.09 bits per heavy atom. The molecular formula is C18H29ClN2O2. The summed E-state index contributed by atoms with van der Waals surface area (Å²) in [5.41, 5.74) is 7.95. The lowest BCUT2D eigenvalue weighted by molar-refractivity contribution is -0.132. The molecule has 0 bridgehead atoms. The predicted molar refractivity (Wildman–Crippen MR) is 96.1 cm³/mol. The SMILES string of the molecule is CCC(CC)(CN)C(=O)NC1CCCc2cc(OC)ccc21.Cl. The molecule has 0 fully saturated rings. The van der Waals surface area contributed by atoms with Gasteiger partial charge in [-0.2, -0.15) is 0 Å². The fourth-order valence-corrected chi connectivity index (χ4v) is 3.33. The average Bonchev–Trinajstić information content (AvgIpc) is 2.56. The van der Waals surface area contributed by atoms with Crippen molar-refractivity contribution in [2.45, 2.75) is 52.0 Å². The van der Waals surface area contributed by atoms with Gasteiger partial charge in [0.2, 0.25) is 5.91 Å². The predicted octanol–water partition coefficient (Wildman–Crippen LogP) is 3.38. The van der Waals surface area contributed by atoms with Crippen LogP contribution < -0.4 is 15.8 Å². The van der Waals surface area contributed by atoms with Crippen molar-refractivity contribution in [3.63, 3.8) is 0 Å². The molecule has 0 aliphatic heterocycles. The number of nitrogens with two attached hydrogens (primary N) is 1. The number of amides is 1. The minimum absolute atomic E-state index is 0. The Balaban J connectivity index is 0.00000264. The molecule has 0 saturated carbocycles. The Morgan fingerprint density at radius 3 is 2.65 bits per heavy atom. The number of hydrogen-bond donors (Lipinski definition) is 2. The van der Waals surface area contributed by atoms with Crippen molar-refractivity contribution in [1.82, 2.24) is 5.32 Å². The first kappa shape index (κ1) is 19.8. The molecule has 0 aromatic heterocycles. The third-order valence-electron chi connectivity index (χ3n) is 5.20. The number of benzene rings is 1. The van der Waals surface area contributed by atoms with Gasteiger partial charge in [0, 0.05) is 6.54 Å². The zero-order valence-electron chi connectivity index (χ0n) is 14.4. The monoisotopic (exact) mass is 340 g/mol. The molecule has 0 heterocycles. The van der Waals surface area contributed by atoms with Crippen LogP contribution in [-0.2, 0) is 11.2 Å². The Hall–Kier alpha value is -1.26. The summed E-state index contributed by atoms with van der Waals surface area (Å²) in [6, 6.07) is 6.23. The molecule has 130 valence electrons. The number of ether oxygens (including phenoxy) is 1. The van der Waals surface area contributed by atoms with Crippen molar-refractivity contribution in [2.24, 2.45) is 11.1 Å². The zero-order valence-corrected chi connectivity index (χ0v) is 15.2. The summed E-state index contributed by atoms with van der Waals surface area (Å²) < 4.78 is 5.30. The molecule has 1 unspecified atom stereocenters. The van der Waals surface area contributed by atoms with Gasteiger partial charge in [-0.3, -0.25) is 4.79 Å². The van der Waals surface area contributed by atoms with Crippen LogP contribution in [0.15, 0.2) is 18.2 Å². The lowest BCUT2D eigenvalue weighted by Gasteiger charge is -2.33.